The van der Waals surface area contributed by atoms with Gasteiger partial charge in [-0.05, 0) is 35.9 Å². The van der Waals surface area contributed by atoms with Crippen molar-refractivity contribution in [3.8, 4) is 11.1 Å². The Labute approximate surface area is 173 Å². The number of halogens is 2. The van der Waals surface area contributed by atoms with Crippen molar-refractivity contribution in [2.75, 3.05) is 31.1 Å². The van der Waals surface area contributed by atoms with Gasteiger partial charge in [-0.15, -0.1) is 0 Å². The van der Waals surface area contributed by atoms with Gasteiger partial charge < -0.3 is 9.80 Å². The monoisotopic (exact) mass is 412 g/mol. The van der Waals surface area contributed by atoms with Crippen LogP contribution >= 0.6 is 23.2 Å². The Morgan fingerprint density at radius 3 is 2.57 bits per heavy atom. The minimum absolute atomic E-state index is 0.0396. The van der Waals surface area contributed by atoms with E-state index in [0.29, 0.717) is 36.2 Å². The van der Waals surface area contributed by atoms with Crippen LogP contribution in [-0.2, 0) is 4.79 Å². The van der Waals surface area contributed by atoms with E-state index in [-0.39, 0.29) is 5.91 Å². The second-order valence-corrected chi connectivity index (χ2v) is 7.42. The van der Waals surface area contributed by atoms with E-state index in [1.165, 1.54) is 6.08 Å². The van der Waals surface area contributed by atoms with Crippen molar-refractivity contribution in [1.82, 2.24) is 14.9 Å². The van der Waals surface area contributed by atoms with Crippen molar-refractivity contribution in [3.05, 3.63) is 65.4 Å². The molecule has 7 heteroatoms. The van der Waals surface area contributed by atoms with E-state index in [1.54, 1.807) is 11.2 Å². The molecule has 1 amide bonds. The molecule has 2 aromatic carbocycles. The molecule has 2 heterocycles. The fourth-order valence-corrected chi connectivity index (χ4v) is 3.92. The minimum atomic E-state index is -0.0396. The first-order chi connectivity index (χ1) is 13.6. The molecule has 1 saturated heterocycles. The van der Waals surface area contributed by atoms with Crippen LogP contribution in [0.25, 0.3) is 22.0 Å². The number of carbonyl (C=O) groups excluding carboxylic acids is 1. The van der Waals surface area contributed by atoms with Gasteiger partial charge in [-0.3, -0.25) is 4.79 Å². The zero-order chi connectivity index (χ0) is 19.7. The van der Waals surface area contributed by atoms with Gasteiger partial charge in [0, 0.05) is 42.2 Å². The molecule has 142 valence electrons. The zero-order valence-electron chi connectivity index (χ0n) is 15.1. The summed E-state index contributed by atoms with van der Waals surface area (Å²) < 4.78 is 0. The quantitative estimate of drug-likeness (QED) is 0.596. The van der Waals surface area contributed by atoms with Crippen LogP contribution in [0.2, 0.25) is 10.0 Å². The number of amides is 1. The summed E-state index contributed by atoms with van der Waals surface area (Å²) in [5, 5.41) is 2.19. The summed E-state index contributed by atoms with van der Waals surface area (Å²) in [6.07, 6.45) is 2.91. The average molecular weight is 413 g/mol. The number of nitrogens with zero attached hydrogens (tertiary/aromatic N) is 4. The molecule has 1 aromatic heterocycles. The van der Waals surface area contributed by atoms with Gasteiger partial charge in [0.15, 0.2) is 0 Å². The number of hydrogen-bond acceptors (Lipinski definition) is 4. The lowest BCUT2D eigenvalue weighted by atomic mass is 10.0. The van der Waals surface area contributed by atoms with Crippen LogP contribution in [0.3, 0.4) is 0 Å². The summed E-state index contributed by atoms with van der Waals surface area (Å²) in [7, 11) is 0. The summed E-state index contributed by atoms with van der Waals surface area (Å²) in [6, 6.07) is 11.5. The maximum absolute atomic E-state index is 11.8. The summed E-state index contributed by atoms with van der Waals surface area (Å²) >= 11 is 12.7. The Morgan fingerprint density at radius 1 is 1.07 bits per heavy atom. The lowest BCUT2D eigenvalue weighted by Crippen LogP contribution is -2.48. The maximum Gasteiger partial charge on any atom is 0.246 e. The molecule has 0 atom stereocenters. The normalized spacial score (nSPS) is 14.4. The van der Waals surface area contributed by atoms with Crippen molar-refractivity contribution >= 4 is 45.8 Å². The van der Waals surface area contributed by atoms with Crippen molar-refractivity contribution in [2.45, 2.75) is 0 Å². The summed E-state index contributed by atoms with van der Waals surface area (Å²) in [6.45, 7) is 6.21. The van der Waals surface area contributed by atoms with Crippen molar-refractivity contribution in [2.24, 2.45) is 0 Å². The molecule has 28 heavy (non-hydrogen) atoms. The number of anilines is 1. The molecule has 0 N–H and O–H groups in total. The molecule has 0 saturated carbocycles. The summed E-state index contributed by atoms with van der Waals surface area (Å²) in [4.78, 5) is 24.7. The van der Waals surface area contributed by atoms with E-state index in [2.05, 4.69) is 21.4 Å². The molecular weight excluding hydrogens is 395 g/mol. The first-order valence-corrected chi connectivity index (χ1v) is 9.69. The Bertz CT molecular complexity index is 1060. The molecule has 4 rings (SSSR count). The minimum Gasteiger partial charge on any atom is -0.352 e. The fourth-order valence-electron chi connectivity index (χ4n) is 3.46. The molecule has 0 unspecified atom stereocenters. The average Bonchev–Trinajstić information content (AvgIpc) is 2.72. The lowest BCUT2D eigenvalue weighted by molar-refractivity contribution is -0.126. The first-order valence-electron chi connectivity index (χ1n) is 8.93. The van der Waals surface area contributed by atoms with Gasteiger partial charge >= 0.3 is 0 Å². The Balaban J connectivity index is 1.73. The Morgan fingerprint density at radius 2 is 1.86 bits per heavy atom. The van der Waals surface area contributed by atoms with Crippen LogP contribution < -0.4 is 4.90 Å². The number of carbonyl (C=O) groups is 1. The SMILES string of the molecule is C=CC(=O)N1CCN(c2ncnc3cc(Cl)c(-c4cccc(Cl)c4)cc23)CC1. The van der Waals surface area contributed by atoms with E-state index >= 15 is 0 Å². The number of piperazine rings is 1. The van der Waals surface area contributed by atoms with Gasteiger partial charge in [0.1, 0.15) is 12.1 Å². The molecule has 0 bridgehead atoms. The maximum atomic E-state index is 11.8. The van der Waals surface area contributed by atoms with Gasteiger partial charge in [-0.2, -0.15) is 0 Å². The van der Waals surface area contributed by atoms with Crippen LogP contribution in [0.5, 0.6) is 0 Å². The van der Waals surface area contributed by atoms with E-state index in [1.807, 2.05) is 36.4 Å². The van der Waals surface area contributed by atoms with Crippen LogP contribution in [0, 0.1) is 0 Å². The number of hydrogen-bond donors (Lipinski definition) is 0. The Hall–Kier alpha value is -2.63. The number of aromatic nitrogens is 2. The zero-order valence-corrected chi connectivity index (χ0v) is 16.6. The molecule has 1 fully saturated rings. The topological polar surface area (TPSA) is 49.3 Å². The highest BCUT2D eigenvalue weighted by atomic mass is 35.5. The van der Waals surface area contributed by atoms with Crippen LogP contribution in [0.1, 0.15) is 0 Å². The number of rotatable bonds is 3. The highest BCUT2D eigenvalue weighted by molar-refractivity contribution is 6.34. The van der Waals surface area contributed by atoms with Gasteiger partial charge in [-0.25, -0.2) is 9.97 Å². The van der Waals surface area contributed by atoms with E-state index in [9.17, 15) is 4.79 Å². The second kappa shape index (κ2) is 7.78. The molecule has 1 aliphatic heterocycles. The van der Waals surface area contributed by atoms with Crippen molar-refractivity contribution in [1.29, 1.82) is 0 Å². The molecule has 1 aliphatic rings. The largest absolute Gasteiger partial charge is 0.352 e. The highest BCUT2D eigenvalue weighted by Gasteiger charge is 2.22. The molecule has 0 radical (unpaired) electrons. The van der Waals surface area contributed by atoms with E-state index in [4.69, 9.17) is 23.2 Å². The molecular formula is C21H18Cl2N4O. The predicted molar refractivity (Wildman–Crippen MR) is 114 cm³/mol. The summed E-state index contributed by atoms with van der Waals surface area (Å²) in [5.74, 6) is 0.804. The molecule has 0 aliphatic carbocycles. The van der Waals surface area contributed by atoms with E-state index in [0.717, 1.165) is 27.8 Å². The van der Waals surface area contributed by atoms with Gasteiger partial charge in [0.05, 0.1) is 10.5 Å². The lowest BCUT2D eigenvalue weighted by Gasteiger charge is -2.35. The van der Waals surface area contributed by atoms with Crippen molar-refractivity contribution in [3.63, 3.8) is 0 Å². The van der Waals surface area contributed by atoms with E-state index < -0.39 is 0 Å². The second-order valence-electron chi connectivity index (χ2n) is 6.57. The third kappa shape index (κ3) is 3.55. The van der Waals surface area contributed by atoms with Gasteiger partial charge in [0.25, 0.3) is 0 Å². The standard InChI is InChI=1S/C21H18Cl2N4O/c1-2-20(28)26-6-8-27(9-7-26)21-17-11-16(14-4-3-5-15(22)10-14)18(23)12-19(17)24-13-25-21/h2-5,10-13H,1,6-9H2. The number of fused-ring (bicyclic) bond motifs is 1. The molecule has 5 nitrogen and oxygen atoms in total. The van der Waals surface area contributed by atoms with Gasteiger partial charge in [-0.1, -0.05) is 41.9 Å². The van der Waals surface area contributed by atoms with Crippen LogP contribution in [0.4, 0.5) is 5.82 Å². The molecule has 3 aromatic rings. The predicted octanol–water partition coefficient (Wildman–Crippen LogP) is 4.44. The van der Waals surface area contributed by atoms with Gasteiger partial charge in [0.2, 0.25) is 5.91 Å². The van der Waals surface area contributed by atoms with Crippen LogP contribution in [-0.4, -0.2) is 47.0 Å². The van der Waals surface area contributed by atoms with Crippen LogP contribution in [0.15, 0.2) is 55.4 Å². The molecule has 0 spiro atoms. The fraction of sp³-hybridized carbons (Fsp3) is 0.190. The third-order valence-corrected chi connectivity index (χ3v) is 5.45. The third-order valence-electron chi connectivity index (χ3n) is 4.90. The number of benzene rings is 2. The summed E-state index contributed by atoms with van der Waals surface area (Å²) in [5.41, 5.74) is 2.61. The first kappa shape index (κ1) is 18.7. The Kier molecular flexibility index (Phi) is 5.20. The smallest absolute Gasteiger partial charge is 0.246 e. The van der Waals surface area contributed by atoms with Crippen molar-refractivity contribution < 1.29 is 4.79 Å². The highest BCUT2D eigenvalue weighted by Crippen LogP contribution is 2.35.